The van der Waals surface area contributed by atoms with Gasteiger partial charge in [0, 0.05) is 17.1 Å². The first kappa shape index (κ1) is 12.6. The van der Waals surface area contributed by atoms with Crippen LogP contribution in [0.5, 0.6) is 0 Å². The summed E-state index contributed by atoms with van der Waals surface area (Å²) in [6.07, 6.45) is 6.45. The van der Waals surface area contributed by atoms with Crippen molar-refractivity contribution in [1.82, 2.24) is 4.98 Å². The Bertz CT molecular complexity index is 598. The summed E-state index contributed by atoms with van der Waals surface area (Å²) in [5.74, 6) is 0. The molecule has 19 heavy (non-hydrogen) atoms. The molecule has 1 saturated carbocycles. The highest BCUT2D eigenvalue weighted by Gasteiger charge is 2.45. The number of para-hydroxylation sites is 1. The fourth-order valence-electron chi connectivity index (χ4n) is 3.41. The number of nitrogens with two attached hydrogens (primary N) is 1. The summed E-state index contributed by atoms with van der Waals surface area (Å²) in [5.41, 5.74) is 9.28. The zero-order valence-electron chi connectivity index (χ0n) is 11.8. The average molecular weight is 254 g/mol. The van der Waals surface area contributed by atoms with Gasteiger partial charge in [0.15, 0.2) is 0 Å². The van der Waals surface area contributed by atoms with Gasteiger partial charge in [0.25, 0.3) is 0 Å². The van der Waals surface area contributed by atoms with Crippen LogP contribution in [0.25, 0.3) is 10.9 Å². The van der Waals surface area contributed by atoms with E-state index in [0.29, 0.717) is 0 Å². The molecule has 2 nitrogen and oxygen atoms in total. The molecule has 2 N–H and O–H groups in total. The van der Waals surface area contributed by atoms with Crippen molar-refractivity contribution in [3.63, 3.8) is 0 Å². The number of hydrogen-bond donors (Lipinski definition) is 1. The average Bonchev–Trinajstić information content (AvgIpc) is 2.64. The molecule has 2 heteroatoms. The Morgan fingerprint density at radius 1 is 1.16 bits per heavy atom. The molecule has 0 amide bonds. The van der Waals surface area contributed by atoms with Gasteiger partial charge in [-0.05, 0) is 42.4 Å². The first-order valence-electron chi connectivity index (χ1n) is 7.13. The molecule has 1 aliphatic rings. The third-order valence-corrected chi connectivity index (χ3v) is 5.02. The second kappa shape index (κ2) is 4.31. The summed E-state index contributed by atoms with van der Waals surface area (Å²) in [5, 5.41) is 1.25. The van der Waals surface area contributed by atoms with Crippen LogP contribution in [-0.4, -0.2) is 10.5 Å². The Balaban J connectivity index is 2.02. The van der Waals surface area contributed by atoms with E-state index in [2.05, 4.69) is 43.1 Å². The van der Waals surface area contributed by atoms with E-state index in [0.717, 1.165) is 18.4 Å². The smallest absolute Gasteiger partial charge is 0.0704 e. The molecule has 1 atom stereocenters. The normalized spacial score (nSPS) is 25.8. The summed E-state index contributed by atoms with van der Waals surface area (Å²) < 4.78 is 0. The predicted molar refractivity (Wildman–Crippen MR) is 80.0 cm³/mol. The highest BCUT2D eigenvalue weighted by Crippen LogP contribution is 2.46. The minimum Gasteiger partial charge on any atom is -0.324 e. The lowest BCUT2D eigenvalue weighted by Crippen LogP contribution is -2.50. The van der Waals surface area contributed by atoms with Gasteiger partial charge in [0.05, 0.1) is 5.52 Å². The summed E-state index contributed by atoms with van der Waals surface area (Å²) in [4.78, 5) is 4.43. The van der Waals surface area contributed by atoms with E-state index in [4.69, 9.17) is 5.73 Å². The van der Waals surface area contributed by atoms with Crippen LogP contribution < -0.4 is 5.73 Å². The molecule has 100 valence electrons. The minimum absolute atomic E-state index is 0.0862. The number of hydrogen-bond acceptors (Lipinski definition) is 2. The predicted octanol–water partition coefficient (Wildman–Crippen LogP) is 3.68. The third kappa shape index (κ3) is 2.04. The minimum atomic E-state index is -0.0862. The first-order chi connectivity index (χ1) is 9.02. The number of fused-ring (bicyclic) bond motifs is 1. The molecule has 0 radical (unpaired) electrons. The van der Waals surface area contributed by atoms with Crippen LogP contribution in [0.3, 0.4) is 0 Å². The van der Waals surface area contributed by atoms with E-state index in [1.54, 1.807) is 0 Å². The van der Waals surface area contributed by atoms with Gasteiger partial charge in [-0.3, -0.25) is 4.98 Å². The van der Waals surface area contributed by atoms with E-state index in [1.165, 1.54) is 23.8 Å². The quantitative estimate of drug-likeness (QED) is 0.887. The zero-order chi connectivity index (χ0) is 13.5. The largest absolute Gasteiger partial charge is 0.324 e. The highest BCUT2D eigenvalue weighted by atomic mass is 14.8. The molecule has 1 aromatic carbocycles. The topological polar surface area (TPSA) is 38.9 Å². The van der Waals surface area contributed by atoms with Gasteiger partial charge in [0.1, 0.15) is 0 Å². The van der Waals surface area contributed by atoms with Crippen molar-refractivity contribution < 1.29 is 0 Å². The SMILES string of the molecule is CC1(C)CCCC1(N)Cc1ccnc2ccccc12. The standard InChI is InChI=1S/C17H22N2/c1-16(2)9-5-10-17(16,18)12-13-8-11-19-15-7-4-3-6-14(13)15/h3-4,6-8,11H,5,9-10,12,18H2,1-2H3. The zero-order valence-corrected chi connectivity index (χ0v) is 11.8. The Morgan fingerprint density at radius 3 is 2.68 bits per heavy atom. The molecule has 1 heterocycles. The maximum absolute atomic E-state index is 6.74. The van der Waals surface area contributed by atoms with E-state index >= 15 is 0 Å². The van der Waals surface area contributed by atoms with E-state index < -0.39 is 0 Å². The van der Waals surface area contributed by atoms with Crippen LogP contribution in [0.1, 0.15) is 38.7 Å². The second-order valence-corrected chi connectivity index (χ2v) is 6.56. The summed E-state index contributed by atoms with van der Waals surface area (Å²) in [6, 6.07) is 10.5. The van der Waals surface area contributed by atoms with E-state index in [1.807, 2.05) is 12.3 Å². The maximum Gasteiger partial charge on any atom is 0.0704 e. The molecule has 0 saturated heterocycles. The molecule has 0 aliphatic heterocycles. The van der Waals surface area contributed by atoms with Crippen molar-refractivity contribution >= 4 is 10.9 Å². The summed E-state index contributed by atoms with van der Waals surface area (Å²) >= 11 is 0. The Hall–Kier alpha value is -1.41. The lowest BCUT2D eigenvalue weighted by molar-refractivity contribution is 0.207. The van der Waals surface area contributed by atoms with Crippen molar-refractivity contribution in [2.24, 2.45) is 11.1 Å². The maximum atomic E-state index is 6.74. The van der Waals surface area contributed by atoms with Gasteiger partial charge in [-0.15, -0.1) is 0 Å². The molecule has 2 aromatic rings. The molecular weight excluding hydrogens is 232 g/mol. The molecule has 1 aromatic heterocycles. The molecular formula is C17H22N2. The van der Waals surface area contributed by atoms with Gasteiger partial charge in [0.2, 0.25) is 0 Å². The number of pyridine rings is 1. The van der Waals surface area contributed by atoms with Crippen LogP contribution in [0.2, 0.25) is 0 Å². The van der Waals surface area contributed by atoms with Gasteiger partial charge < -0.3 is 5.73 Å². The molecule has 0 spiro atoms. The van der Waals surface area contributed by atoms with Crippen molar-refractivity contribution in [2.45, 2.75) is 45.1 Å². The number of rotatable bonds is 2. The lowest BCUT2D eigenvalue weighted by atomic mass is 9.72. The Labute approximate surface area is 115 Å². The van der Waals surface area contributed by atoms with Crippen LogP contribution >= 0.6 is 0 Å². The number of benzene rings is 1. The fraction of sp³-hybridized carbons (Fsp3) is 0.471. The summed E-state index contributed by atoms with van der Waals surface area (Å²) in [6.45, 7) is 4.62. The van der Waals surface area contributed by atoms with Crippen molar-refractivity contribution in [3.05, 3.63) is 42.1 Å². The van der Waals surface area contributed by atoms with Crippen molar-refractivity contribution in [1.29, 1.82) is 0 Å². The fourth-order valence-corrected chi connectivity index (χ4v) is 3.41. The molecule has 1 unspecified atom stereocenters. The molecule has 1 fully saturated rings. The van der Waals surface area contributed by atoms with Gasteiger partial charge in [-0.2, -0.15) is 0 Å². The number of nitrogens with zero attached hydrogens (tertiary/aromatic N) is 1. The second-order valence-electron chi connectivity index (χ2n) is 6.56. The number of aromatic nitrogens is 1. The third-order valence-electron chi connectivity index (χ3n) is 5.02. The van der Waals surface area contributed by atoms with Gasteiger partial charge in [-0.25, -0.2) is 0 Å². The van der Waals surface area contributed by atoms with Gasteiger partial charge >= 0.3 is 0 Å². The summed E-state index contributed by atoms with van der Waals surface area (Å²) in [7, 11) is 0. The van der Waals surface area contributed by atoms with E-state index in [9.17, 15) is 0 Å². The first-order valence-corrected chi connectivity index (χ1v) is 7.13. The Morgan fingerprint density at radius 2 is 1.95 bits per heavy atom. The molecule has 1 aliphatic carbocycles. The Kier molecular flexibility index (Phi) is 2.86. The molecule has 3 rings (SSSR count). The lowest BCUT2D eigenvalue weighted by Gasteiger charge is -2.38. The van der Waals surface area contributed by atoms with Crippen LogP contribution in [0.15, 0.2) is 36.5 Å². The molecule has 0 bridgehead atoms. The van der Waals surface area contributed by atoms with Crippen molar-refractivity contribution in [2.75, 3.05) is 0 Å². The van der Waals surface area contributed by atoms with E-state index in [-0.39, 0.29) is 11.0 Å². The van der Waals surface area contributed by atoms with Crippen LogP contribution in [-0.2, 0) is 6.42 Å². The van der Waals surface area contributed by atoms with Crippen molar-refractivity contribution in [3.8, 4) is 0 Å². The van der Waals surface area contributed by atoms with Gasteiger partial charge in [-0.1, -0.05) is 38.5 Å². The highest BCUT2D eigenvalue weighted by molar-refractivity contribution is 5.81. The van der Waals surface area contributed by atoms with Crippen LogP contribution in [0.4, 0.5) is 0 Å². The van der Waals surface area contributed by atoms with Crippen LogP contribution in [0, 0.1) is 5.41 Å². The monoisotopic (exact) mass is 254 g/mol.